The second-order valence-electron chi connectivity index (χ2n) is 4.20. The van der Waals surface area contributed by atoms with Crippen LogP contribution in [0.3, 0.4) is 0 Å². The summed E-state index contributed by atoms with van der Waals surface area (Å²) in [4.78, 5) is 0. The van der Waals surface area contributed by atoms with Gasteiger partial charge in [0.15, 0.2) is 0 Å². The van der Waals surface area contributed by atoms with Crippen LogP contribution in [0.25, 0.3) is 0 Å². The van der Waals surface area contributed by atoms with E-state index in [9.17, 15) is 0 Å². The largest absolute Gasteiger partial charge is 0.392 e. The van der Waals surface area contributed by atoms with E-state index in [4.69, 9.17) is 15.6 Å². The first-order chi connectivity index (χ1) is 5.37. The van der Waals surface area contributed by atoms with Crippen molar-refractivity contribution in [3.8, 4) is 0 Å². The molecule has 3 heteroatoms. The Morgan fingerprint density at radius 2 is 1.92 bits per heavy atom. The van der Waals surface area contributed by atoms with Crippen LogP contribution in [0.2, 0.25) is 0 Å². The highest BCUT2D eigenvalue weighted by atomic mass is 16.5. The molecule has 74 valence electrons. The van der Waals surface area contributed by atoms with Crippen LogP contribution in [0.4, 0.5) is 0 Å². The number of hydrogen-bond donors (Lipinski definition) is 2. The fourth-order valence-electron chi connectivity index (χ4n) is 1.48. The van der Waals surface area contributed by atoms with Crippen LogP contribution in [0.5, 0.6) is 0 Å². The molecular formula is C9H21NO2. The molecule has 0 radical (unpaired) electrons. The van der Waals surface area contributed by atoms with Gasteiger partial charge in [0, 0.05) is 0 Å². The molecule has 0 fully saturated rings. The van der Waals surface area contributed by atoms with Gasteiger partial charge < -0.3 is 15.6 Å². The fourth-order valence-corrected chi connectivity index (χ4v) is 1.48. The van der Waals surface area contributed by atoms with Gasteiger partial charge in [-0.1, -0.05) is 13.8 Å². The van der Waals surface area contributed by atoms with Gasteiger partial charge >= 0.3 is 0 Å². The molecule has 0 spiro atoms. The highest BCUT2D eigenvalue weighted by Gasteiger charge is 2.22. The summed E-state index contributed by atoms with van der Waals surface area (Å²) in [5.41, 5.74) is 5.22. The van der Waals surface area contributed by atoms with Crippen LogP contribution in [-0.2, 0) is 4.74 Å². The number of ether oxygens (including phenoxy) is 1. The van der Waals surface area contributed by atoms with E-state index in [1.165, 1.54) is 0 Å². The van der Waals surface area contributed by atoms with Gasteiger partial charge in [-0.15, -0.1) is 0 Å². The van der Waals surface area contributed by atoms with Crippen molar-refractivity contribution in [2.45, 2.75) is 45.9 Å². The van der Waals surface area contributed by atoms with Gasteiger partial charge in [0.1, 0.15) is 6.23 Å². The van der Waals surface area contributed by atoms with Crippen LogP contribution >= 0.6 is 0 Å². The monoisotopic (exact) mass is 175 g/mol. The maximum Gasteiger partial charge on any atom is 0.129 e. The predicted octanol–water partition coefficient (Wildman–Crippen LogP) is 1.10. The minimum atomic E-state index is -0.557. The van der Waals surface area contributed by atoms with E-state index in [0.717, 1.165) is 6.42 Å². The van der Waals surface area contributed by atoms with Gasteiger partial charge in [-0.2, -0.15) is 0 Å². The van der Waals surface area contributed by atoms with E-state index in [2.05, 4.69) is 13.8 Å². The number of nitrogens with two attached hydrogens (primary N) is 1. The summed E-state index contributed by atoms with van der Waals surface area (Å²) in [7, 11) is 0. The molecule has 3 nitrogen and oxygen atoms in total. The van der Waals surface area contributed by atoms with Crippen molar-refractivity contribution in [3.63, 3.8) is 0 Å². The van der Waals surface area contributed by atoms with E-state index in [1.54, 1.807) is 0 Å². The van der Waals surface area contributed by atoms with E-state index in [0.29, 0.717) is 5.92 Å². The lowest BCUT2D eigenvalue weighted by molar-refractivity contribution is -0.0960. The Morgan fingerprint density at radius 1 is 1.42 bits per heavy atom. The molecule has 0 aromatic heterocycles. The van der Waals surface area contributed by atoms with Gasteiger partial charge in [0.25, 0.3) is 0 Å². The molecule has 0 rings (SSSR count). The maximum atomic E-state index is 8.68. The molecule has 1 atom stereocenters. The molecule has 12 heavy (non-hydrogen) atoms. The summed E-state index contributed by atoms with van der Waals surface area (Å²) in [5.74, 6) is 0.575. The molecule has 3 N–H and O–H groups in total. The molecule has 0 aliphatic carbocycles. The van der Waals surface area contributed by atoms with Gasteiger partial charge in [0.05, 0.1) is 12.2 Å². The average Bonchev–Trinajstić information content (AvgIpc) is 1.83. The number of rotatable bonds is 5. The third kappa shape index (κ3) is 5.52. The Labute approximate surface area is 74.9 Å². The molecule has 0 aliphatic heterocycles. The summed E-state index contributed by atoms with van der Waals surface area (Å²) < 4.78 is 5.43. The second kappa shape index (κ2) is 4.80. The van der Waals surface area contributed by atoms with Crippen LogP contribution in [0, 0.1) is 5.92 Å². The molecule has 0 bridgehead atoms. The summed E-state index contributed by atoms with van der Waals surface area (Å²) in [6.45, 7) is 8.12. The highest BCUT2D eigenvalue weighted by molar-refractivity contribution is 4.71. The smallest absolute Gasteiger partial charge is 0.129 e. The molecule has 1 unspecified atom stereocenters. The molecule has 0 aromatic carbocycles. The molecule has 0 saturated heterocycles. The molecular weight excluding hydrogens is 154 g/mol. The van der Waals surface area contributed by atoms with Gasteiger partial charge in [-0.05, 0) is 26.2 Å². The quantitative estimate of drug-likeness (QED) is 0.615. The standard InChI is InChI=1S/C9H21NO2/c1-7(2)5-9(3,4)12-8(10)6-11/h7-8,11H,5-6,10H2,1-4H3. The van der Waals surface area contributed by atoms with E-state index >= 15 is 0 Å². The van der Waals surface area contributed by atoms with Crippen molar-refractivity contribution >= 4 is 0 Å². The maximum absolute atomic E-state index is 8.68. The summed E-state index contributed by atoms with van der Waals surface area (Å²) in [6.07, 6.45) is 0.388. The Kier molecular flexibility index (Phi) is 4.75. The van der Waals surface area contributed by atoms with E-state index in [1.807, 2.05) is 13.8 Å². The molecule has 0 aromatic rings. The van der Waals surface area contributed by atoms with Crippen molar-refractivity contribution in [3.05, 3.63) is 0 Å². The first-order valence-electron chi connectivity index (χ1n) is 4.41. The van der Waals surface area contributed by atoms with Crippen molar-refractivity contribution in [1.82, 2.24) is 0 Å². The van der Waals surface area contributed by atoms with E-state index < -0.39 is 6.23 Å². The Bertz CT molecular complexity index is 124. The average molecular weight is 175 g/mol. The lowest BCUT2D eigenvalue weighted by Gasteiger charge is -2.29. The van der Waals surface area contributed by atoms with Crippen molar-refractivity contribution < 1.29 is 9.84 Å². The first kappa shape index (κ1) is 11.9. The summed E-state index contributed by atoms with van der Waals surface area (Å²) in [6, 6.07) is 0. The van der Waals surface area contributed by atoms with Crippen LogP contribution in [-0.4, -0.2) is 23.5 Å². The van der Waals surface area contributed by atoms with Crippen molar-refractivity contribution in [2.24, 2.45) is 11.7 Å². The second-order valence-corrected chi connectivity index (χ2v) is 4.20. The number of hydrogen-bond acceptors (Lipinski definition) is 3. The van der Waals surface area contributed by atoms with Gasteiger partial charge in [0.2, 0.25) is 0 Å². The first-order valence-corrected chi connectivity index (χ1v) is 4.41. The number of aliphatic hydroxyl groups is 1. The van der Waals surface area contributed by atoms with Crippen LogP contribution in [0.15, 0.2) is 0 Å². The summed E-state index contributed by atoms with van der Waals surface area (Å²) >= 11 is 0. The molecule has 0 heterocycles. The van der Waals surface area contributed by atoms with Crippen molar-refractivity contribution in [1.29, 1.82) is 0 Å². The van der Waals surface area contributed by atoms with Gasteiger partial charge in [-0.3, -0.25) is 0 Å². The van der Waals surface area contributed by atoms with E-state index in [-0.39, 0.29) is 12.2 Å². The highest BCUT2D eigenvalue weighted by Crippen LogP contribution is 2.20. The Hall–Kier alpha value is -0.120. The number of aliphatic hydroxyl groups excluding tert-OH is 1. The molecule has 0 aliphatic rings. The third-order valence-electron chi connectivity index (χ3n) is 1.55. The topological polar surface area (TPSA) is 55.5 Å². The SMILES string of the molecule is CC(C)CC(C)(C)OC(N)CO. The van der Waals surface area contributed by atoms with Crippen LogP contribution < -0.4 is 5.73 Å². The fraction of sp³-hybridized carbons (Fsp3) is 1.00. The Balaban J connectivity index is 3.85. The third-order valence-corrected chi connectivity index (χ3v) is 1.55. The zero-order valence-electron chi connectivity index (χ0n) is 8.50. The van der Waals surface area contributed by atoms with Gasteiger partial charge in [-0.25, -0.2) is 0 Å². The normalized spacial score (nSPS) is 15.2. The summed E-state index contributed by atoms with van der Waals surface area (Å²) in [5, 5.41) is 8.68. The molecule has 0 saturated carbocycles. The minimum Gasteiger partial charge on any atom is -0.392 e. The molecule has 0 amide bonds. The minimum absolute atomic E-state index is 0.123. The lowest BCUT2D eigenvalue weighted by Crippen LogP contribution is -2.38. The van der Waals surface area contributed by atoms with Crippen molar-refractivity contribution in [2.75, 3.05) is 6.61 Å². The lowest BCUT2D eigenvalue weighted by atomic mass is 9.96. The Morgan fingerprint density at radius 3 is 2.25 bits per heavy atom. The van der Waals surface area contributed by atoms with Crippen LogP contribution in [0.1, 0.15) is 34.1 Å². The zero-order valence-corrected chi connectivity index (χ0v) is 8.50. The predicted molar refractivity (Wildman–Crippen MR) is 49.7 cm³/mol. The zero-order chi connectivity index (χ0) is 9.78.